The molecule has 2 aromatic rings. The molecule has 5 heteroatoms. The fourth-order valence-electron chi connectivity index (χ4n) is 2.91. The lowest BCUT2D eigenvalue weighted by atomic mass is 9.91. The molecule has 4 rings (SSSR count). The van der Waals surface area contributed by atoms with E-state index in [4.69, 9.17) is 4.98 Å². The van der Waals surface area contributed by atoms with Crippen molar-refractivity contribution in [3.8, 4) is 10.7 Å². The van der Waals surface area contributed by atoms with Gasteiger partial charge in [0.15, 0.2) is 0 Å². The molecule has 21 heavy (non-hydrogen) atoms. The SMILES string of the molecule is Brc1ccc(-c2nc3c(s2)CCCC3CNC2CC2)nc1. The minimum atomic E-state index is 0.592. The molecule has 1 fully saturated rings. The highest BCUT2D eigenvalue weighted by Gasteiger charge is 2.28. The molecule has 2 heterocycles. The van der Waals surface area contributed by atoms with E-state index in [0.717, 1.165) is 27.8 Å². The van der Waals surface area contributed by atoms with Crippen LogP contribution < -0.4 is 5.32 Å². The number of hydrogen-bond donors (Lipinski definition) is 1. The zero-order valence-corrected chi connectivity index (χ0v) is 14.2. The first-order valence-electron chi connectivity index (χ1n) is 7.64. The molecule has 2 aromatic heterocycles. The molecule has 3 nitrogen and oxygen atoms in total. The molecule has 110 valence electrons. The number of aromatic nitrogens is 2. The predicted octanol–water partition coefficient (Wildman–Crippen LogP) is 4.14. The van der Waals surface area contributed by atoms with Gasteiger partial charge in [-0.25, -0.2) is 4.98 Å². The first-order chi connectivity index (χ1) is 10.3. The van der Waals surface area contributed by atoms with Crippen molar-refractivity contribution in [2.45, 2.75) is 44.1 Å². The Hall–Kier alpha value is -0.780. The summed E-state index contributed by atoms with van der Waals surface area (Å²) in [5.41, 5.74) is 2.32. The van der Waals surface area contributed by atoms with E-state index >= 15 is 0 Å². The van der Waals surface area contributed by atoms with Gasteiger partial charge in [-0.1, -0.05) is 0 Å². The summed E-state index contributed by atoms with van der Waals surface area (Å²) >= 11 is 5.27. The average Bonchev–Trinajstić information content (AvgIpc) is 3.22. The molecule has 0 aromatic carbocycles. The summed E-state index contributed by atoms with van der Waals surface area (Å²) in [5, 5.41) is 4.74. The Labute approximate surface area is 137 Å². The fourth-order valence-corrected chi connectivity index (χ4v) is 4.31. The maximum atomic E-state index is 4.93. The van der Waals surface area contributed by atoms with Crippen LogP contribution in [0, 0.1) is 0 Å². The van der Waals surface area contributed by atoms with Crippen molar-refractivity contribution in [2.75, 3.05) is 6.54 Å². The van der Waals surface area contributed by atoms with E-state index in [-0.39, 0.29) is 0 Å². The summed E-state index contributed by atoms with van der Waals surface area (Å²) in [5.74, 6) is 0.592. The quantitative estimate of drug-likeness (QED) is 0.886. The highest BCUT2D eigenvalue weighted by atomic mass is 79.9. The summed E-state index contributed by atoms with van der Waals surface area (Å²) < 4.78 is 1.01. The smallest absolute Gasteiger partial charge is 0.142 e. The van der Waals surface area contributed by atoms with Gasteiger partial charge in [0, 0.05) is 34.1 Å². The molecule has 0 spiro atoms. The van der Waals surface area contributed by atoms with Gasteiger partial charge in [0.05, 0.1) is 11.4 Å². The first kappa shape index (κ1) is 13.9. The number of pyridine rings is 1. The molecule has 1 atom stereocenters. The van der Waals surface area contributed by atoms with Crippen molar-refractivity contribution in [1.29, 1.82) is 0 Å². The zero-order chi connectivity index (χ0) is 14.2. The zero-order valence-electron chi connectivity index (χ0n) is 11.8. The molecular weight excluding hydrogens is 346 g/mol. The van der Waals surface area contributed by atoms with Crippen LogP contribution in [0.15, 0.2) is 22.8 Å². The van der Waals surface area contributed by atoms with Crippen molar-refractivity contribution >= 4 is 27.3 Å². The predicted molar refractivity (Wildman–Crippen MR) is 89.7 cm³/mol. The fraction of sp³-hybridized carbons (Fsp3) is 0.500. The minimum Gasteiger partial charge on any atom is -0.313 e. The van der Waals surface area contributed by atoms with Crippen molar-refractivity contribution in [3.05, 3.63) is 33.4 Å². The third-order valence-electron chi connectivity index (χ3n) is 4.25. The number of nitrogens with one attached hydrogen (secondary N) is 1. The van der Waals surface area contributed by atoms with Gasteiger partial charge in [0.2, 0.25) is 0 Å². The number of aryl methyl sites for hydroxylation is 1. The highest BCUT2D eigenvalue weighted by Crippen LogP contribution is 2.38. The van der Waals surface area contributed by atoms with Crippen LogP contribution in [0.2, 0.25) is 0 Å². The Kier molecular flexibility index (Phi) is 3.81. The van der Waals surface area contributed by atoms with Crippen LogP contribution in [0.5, 0.6) is 0 Å². The van der Waals surface area contributed by atoms with Gasteiger partial charge >= 0.3 is 0 Å². The van der Waals surface area contributed by atoms with Gasteiger partial charge in [0.1, 0.15) is 5.01 Å². The molecule has 1 saturated carbocycles. The largest absolute Gasteiger partial charge is 0.313 e. The van der Waals surface area contributed by atoms with Crippen LogP contribution in [0.3, 0.4) is 0 Å². The van der Waals surface area contributed by atoms with Gasteiger partial charge in [0.25, 0.3) is 0 Å². The second-order valence-electron chi connectivity index (χ2n) is 5.96. The van der Waals surface area contributed by atoms with E-state index in [1.54, 1.807) is 0 Å². The normalized spacial score (nSPS) is 21.3. The van der Waals surface area contributed by atoms with Gasteiger partial charge < -0.3 is 5.32 Å². The van der Waals surface area contributed by atoms with Crippen molar-refractivity contribution < 1.29 is 0 Å². The molecule has 0 bridgehead atoms. The number of halogens is 1. The minimum absolute atomic E-state index is 0.592. The van der Waals surface area contributed by atoms with E-state index in [1.807, 2.05) is 29.7 Å². The van der Waals surface area contributed by atoms with Crippen LogP contribution in [0.25, 0.3) is 10.7 Å². The highest BCUT2D eigenvalue weighted by molar-refractivity contribution is 9.10. The maximum absolute atomic E-state index is 4.93. The standard InChI is InChI=1S/C16H18BrN3S/c17-11-4-7-13(19-9-11)16-20-15-10(8-18-12-5-6-12)2-1-3-14(15)21-16/h4,7,9-10,12,18H,1-3,5-6,8H2. The molecule has 0 saturated heterocycles. The second-order valence-corrected chi connectivity index (χ2v) is 7.96. The summed E-state index contributed by atoms with van der Waals surface area (Å²) in [6, 6.07) is 4.86. The van der Waals surface area contributed by atoms with E-state index in [9.17, 15) is 0 Å². The van der Waals surface area contributed by atoms with E-state index in [2.05, 4.69) is 26.2 Å². The second kappa shape index (κ2) is 5.78. The average molecular weight is 364 g/mol. The summed E-state index contributed by atoms with van der Waals surface area (Å²) in [6.45, 7) is 1.09. The molecule has 2 aliphatic carbocycles. The summed E-state index contributed by atoms with van der Waals surface area (Å²) in [6.07, 6.45) is 8.30. The molecule has 1 unspecified atom stereocenters. The number of hydrogen-bond acceptors (Lipinski definition) is 4. The number of rotatable bonds is 4. The lowest BCUT2D eigenvalue weighted by Gasteiger charge is -2.21. The Morgan fingerprint density at radius 3 is 2.95 bits per heavy atom. The van der Waals surface area contributed by atoms with Crippen molar-refractivity contribution in [1.82, 2.24) is 15.3 Å². The first-order valence-corrected chi connectivity index (χ1v) is 9.25. The van der Waals surface area contributed by atoms with Gasteiger partial charge in [-0.05, 0) is 60.2 Å². The van der Waals surface area contributed by atoms with E-state index < -0.39 is 0 Å². The number of nitrogens with zero attached hydrogens (tertiary/aromatic N) is 2. The molecule has 0 amide bonds. The monoisotopic (exact) mass is 363 g/mol. The summed E-state index contributed by atoms with van der Waals surface area (Å²) in [4.78, 5) is 10.9. The van der Waals surface area contributed by atoms with Crippen LogP contribution in [0.4, 0.5) is 0 Å². The van der Waals surface area contributed by atoms with Gasteiger partial charge in [-0.2, -0.15) is 0 Å². The Morgan fingerprint density at radius 2 is 2.19 bits per heavy atom. The lowest BCUT2D eigenvalue weighted by Crippen LogP contribution is -2.25. The number of thiazole rings is 1. The van der Waals surface area contributed by atoms with E-state index in [1.165, 1.54) is 42.7 Å². The van der Waals surface area contributed by atoms with Crippen molar-refractivity contribution in [2.24, 2.45) is 0 Å². The Bertz CT molecular complexity index is 633. The third kappa shape index (κ3) is 3.05. The molecule has 2 aliphatic rings. The molecule has 0 aliphatic heterocycles. The van der Waals surface area contributed by atoms with Crippen LogP contribution in [-0.4, -0.2) is 22.6 Å². The lowest BCUT2D eigenvalue weighted by molar-refractivity contribution is 0.500. The van der Waals surface area contributed by atoms with Gasteiger partial charge in [-0.3, -0.25) is 4.98 Å². The molecule has 0 radical (unpaired) electrons. The van der Waals surface area contributed by atoms with Gasteiger partial charge in [-0.15, -0.1) is 11.3 Å². The Balaban J connectivity index is 1.58. The third-order valence-corrected chi connectivity index (χ3v) is 5.87. The van der Waals surface area contributed by atoms with Crippen LogP contribution in [0.1, 0.15) is 42.2 Å². The van der Waals surface area contributed by atoms with Crippen molar-refractivity contribution in [3.63, 3.8) is 0 Å². The van der Waals surface area contributed by atoms with E-state index in [0.29, 0.717) is 5.92 Å². The van der Waals surface area contributed by atoms with Crippen LogP contribution >= 0.6 is 27.3 Å². The molecule has 1 N–H and O–H groups in total. The summed E-state index contributed by atoms with van der Waals surface area (Å²) in [7, 11) is 0. The van der Waals surface area contributed by atoms with Crippen LogP contribution in [-0.2, 0) is 6.42 Å². The topological polar surface area (TPSA) is 37.8 Å². The Morgan fingerprint density at radius 1 is 1.29 bits per heavy atom. The molecular formula is C16H18BrN3S. The maximum Gasteiger partial charge on any atom is 0.142 e. The number of fused-ring (bicyclic) bond motifs is 1.